The summed E-state index contributed by atoms with van der Waals surface area (Å²) in [6.07, 6.45) is 20.2. The average Bonchev–Trinajstić information content (AvgIpc) is 3.02. The van der Waals surface area contributed by atoms with Gasteiger partial charge in [-0.3, -0.25) is 0 Å². The van der Waals surface area contributed by atoms with Gasteiger partial charge in [0.25, 0.3) is 0 Å². The SMILES string of the molecule is CC(C)CCCCCCCCCC12C=CC=CC1(O)S2. The van der Waals surface area contributed by atoms with Crippen LogP contribution in [0.25, 0.3) is 0 Å². The first-order valence-corrected chi connectivity index (χ1v) is 9.19. The van der Waals surface area contributed by atoms with Crippen molar-refractivity contribution in [3.8, 4) is 0 Å². The van der Waals surface area contributed by atoms with Crippen LogP contribution in [0.2, 0.25) is 0 Å². The van der Waals surface area contributed by atoms with Crippen LogP contribution in [0.1, 0.15) is 71.6 Å². The monoisotopic (exact) mass is 294 g/mol. The second-order valence-corrected chi connectivity index (χ2v) is 8.37. The summed E-state index contributed by atoms with van der Waals surface area (Å²) >= 11 is 1.71. The second-order valence-electron chi connectivity index (χ2n) is 6.81. The fourth-order valence-corrected chi connectivity index (χ4v) is 4.40. The topological polar surface area (TPSA) is 20.2 Å². The molecular formula is C18H30OS. The van der Waals surface area contributed by atoms with E-state index in [2.05, 4.69) is 26.0 Å². The van der Waals surface area contributed by atoms with Gasteiger partial charge in [0.1, 0.15) is 4.93 Å². The van der Waals surface area contributed by atoms with Crippen LogP contribution in [0, 0.1) is 5.92 Å². The van der Waals surface area contributed by atoms with E-state index in [1.54, 1.807) is 11.8 Å². The number of allylic oxidation sites excluding steroid dienone is 2. The zero-order chi connectivity index (χ0) is 14.5. The van der Waals surface area contributed by atoms with Gasteiger partial charge in [0.15, 0.2) is 0 Å². The van der Waals surface area contributed by atoms with Gasteiger partial charge in [-0.2, -0.15) is 0 Å². The molecule has 1 nitrogen and oxygen atoms in total. The standard InChI is InChI=1S/C18H30OS/c1-16(2)12-8-6-4-3-5-7-9-13-17-14-10-11-15-18(17,19)20-17/h10-11,14-16,19H,3-9,12-13H2,1-2H3. The average molecular weight is 295 g/mol. The number of thioether (sulfide) groups is 1. The Labute approximate surface area is 128 Å². The molecule has 2 atom stereocenters. The van der Waals surface area contributed by atoms with E-state index >= 15 is 0 Å². The molecule has 1 aliphatic carbocycles. The third kappa shape index (κ3) is 4.14. The first kappa shape index (κ1) is 16.2. The third-order valence-corrected chi connectivity index (χ3v) is 6.15. The fourth-order valence-electron chi connectivity index (χ4n) is 3.12. The first-order chi connectivity index (χ1) is 9.58. The summed E-state index contributed by atoms with van der Waals surface area (Å²) in [5, 5.41) is 10.3. The summed E-state index contributed by atoms with van der Waals surface area (Å²) in [5.41, 5.74) is 0. The van der Waals surface area contributed by atoms with Crippen LogP contribution in [0.4, 0.5) is 0 Å². The number of hydrogen-bond donors (Lipinski definition) is 1. The van der Waals surface area contributed by atoms with E-state index in [-0.39, 0.29) is 4.75 Å². The molecule has 2 rings (SSSR count). The van der Waals surface area contributed by atoms with Gasteiger partial charge in [-0.15, -0.1) is 11.8 Å². The van der Waals surface area contributed by atoms with Gasteiger partial charge in [0, 0.05) is 0 Å². The lowest BCUT2D eigenvalue weighted by molar-refractivity contribution is 0.193. The van der Waals surface area contributed by atoms with E-state index in [0.717, 1.165) is 12.3 Å². The number of aliphatic hydroxyl groups is 1. The van der Waals surface area contributed by atoms with Gasteiger partial charge in [0.05, 0.1) is 4.75 Å². The molecular weight excluding hydrogens is 264 g/mol. The van der Waals surface area contributed by atoms with Crippen LogP contribution in [0.15, 0.2) is 24.3 Å². The van der Waals surface area contributed by atoms with E-state index in [4.69, 9.17) is 0 Å². The van der Waals surface area contributed by atoms with E-state index in [9.17, 15) is 5.11 Å². The lowest BCUT2D eigenvalue weighted by atomic mass is 9.91. The summed E-state index contributed by atoms with van der Waals surface area (Å²) in [6.45, 7) is 4.62. The molecule has 0 aromatic heterocycles. The fraction of sp³-hybridized carbons (Fsp3) is 0.778. The minimum atomic E-state index is -0.571. The highest BCUT2D eigenvalue weighted by atomic mass is 32.2. The number of unbranched alkanes of at least 4 members (excludes halogenated alkanes) is 6. The molecule has 0 amide bonds. The molecule has 0 aromatic carbocycles. The van der Waals surface area contributed by atoms with Crippen molar-refractivity contribution in [1.29, 1.82) is 0 Å². The van der Waals surface area contributed by atoms with Crippen molar-refractivity contribution in [3.63, 3.8) is 0 Å². The van der Waals surface area contributed by atoms with Crippen LogP contribution in [-0.4, -0.2) is 14.8 Å². The van der Waals surface area contributed by atoms with E-state index in [1.807, 2.05) is 12.2 Å². The van der Waals surface area contributed by atoms with Crippen molar-refractivity contribution in [3.05, 3.63) is 24.3 Å². The summed E-state index contributed by atoms with van der Waals surface area (Å²) in [6, 6.07) is 0. The Balaban J connectivity index is 1.45. The molecule has 20 heavy (non-hydrogen) atoms. The van der Waals surface area contributed by atoms with Crippen molar-refractivity contribution in [2.24, 2.45) is 5.92 Å². The van der Waals surface area contributed by atoms with Crippen LogP contribution in [0.5, 0.6) is 0 Å². The van der Waals surface area contributed by atoms with Crippen LogP contribution in [0.3, 0.4) is 0 Å². The molecule has 0 spiro atoms. The maximum atomic E-state index is 10.3. The third-order valence-electron chi connectivity index (χ3n) is 4.53. The van der Waals surface area contributed by atoms with Crippen molar-refractivity contribution in [2.75, 3.05) is 0 Å². The highest BCUT2D eigenvalue weighted by Crippen LogP contribution is 2.67. The van der Waals surface area contributed by atoms with Crippen LogP contribution < -0.4 is 0 Å². The predicted molar refractivity (Wildman–Crippen MR) is 89.9 cm³/mol. The molecule has 1 fully saturated rings. The Kier molecular flexibility index (Phi) is 5.80. The zero-order valence-electron chi connectivity index (χ0n) is 13.1. The molecule has 0 saturated carbocycles. The lowest BCUT2D eigenvalue weighted by Crippen LogP contribution is -2.23. The Morgan fingerprint density at radius 2 is 1.50 bits per heavy atom. The highest BCUT2D eigenvalue weighted by Gasteiger charge is 2.65. The van der Waals surface area contributed by atoms with Gasteiger partial charge in [-0.25, -0.2) is 0 Å². The quantitative estimate of drug-likeness (QED) is 0.427. The number of rotatable bonds is 10. The first-order valence-electron chi connectivity index (χ1n) is 8.38. The molecule has 1 N–H and O–H groups in total. The second kappa shape index (κ2) is 7.17. The van der Waals surface area contributed by atoms with Crippen molar-refractivity contribution >= 4 is 11.8 Å². The van der Waals surface area contributed by atoms with E-state index in [0.29, 0.717) is 0 Å². The minimum Gasteiger partial charge on any atom is -0.374 e. The predicted octanol–water partition coefficient (Wildman–Crippen LogP) is 5.45. The molecule has 1 heterocycles. The molecule has 0 radical (unpaired) electrons. The van der Waals surface area contributed by atoms with Gasteiger partial charge < -0.3 is 5.11 Å². The largest absolute Gasteiger partial charge is 0.374 e. The highest BCUT2D eigenvalue weighted by molar-refractivity contribution is 8.09. The maximum Gasteiger partial charge on any atom is 0.148 e. The molecule has 0 bridgehead atoms. The molecule has 114 valence electrons. The van der Waals surface area contributed by atoms with Crippen LogP contribution >= 0.6 is 11.8 Å². The van der Waals surface area contributed by atoms with E-state index < -0.39 is 4.93 Å². The minimum absolute atomic E-state index is 0.0268. The van der Waals surface area contributed by atoms with Gasteiger partial charge >= 0.3 is 0 Å². The van der Waals surface area contributed by atoms with Gasteiger partial charge in [0.2, 0.25) is 0 Å². The van der Waals surface area contributed by atoms with Crippen molar-refractivity contribution < 1.29 is 5.11 Å². The maximum absolute atomic E-state index is 10.3. The normalized spacial score (nSPS) is 30.8. The number of hydrogen-bond acceptors (Lipinski definition) is 2. The molecule has 2 aliphatic rings. The Morgan fingerprint density at radius 3 is 2.15 bits per heavy atom. The molecule has 1 saturated heterocycles. The Hall–Kier alpha value is -0.210. The van der Waals surface area contributed by atoms with Crippen molar-refractivity contribution in [1.82, 2.24) is 0 Å². The summed E-state index contributed by atoms with van der Waals surface area (Å²) in [5.74, 6) is 0.863. The Bertz CT molecular complexity index is 360. The zero-order valence-corrected chi connectivity index (χ0v) is 13.9. The van der Waals surface area contributed by atoms with Crippen molar-refractivity contribution in [2.45, 2.75) is 81.3 Å². The molecule has 0 aromatic rings. The summed E-state index contributed by atoms with van der Waals surface area (Å²) in [7, 11) is 0. The molecule has 2 heteroatoms. The summed E-state index contributed by atoms with van der Waals surface area (Å²) in [4.78, 5) is -0.571. The molecule has 2 unspecified atom stereocenters. The van der Waals surface area contributed by atoms with Crippen LogP contribution in [-0.2, 0) is 0 Å². The Morgan fingerprint density at radius 1 is 0.900 bits per heavy atom. The van der Waals surface area contributed by atoms with E-state index in [1.165, 1.54) is 51.4 Å². The lowest BCUT2D eigenvalue weighted by Gasteiger charge is -2.15. The summed E-state index contributed by atoms with van der Waals surface area (Å²) < 4.78 is 0.0268. The molecule has 1 aliphatic heterocycles. The van der Waals surface area contributed by atoms with Gasteiger partial charge in [-0.05, 0) is 18.4 Å². The smallest absolute Gasteiger partial charge is 0.148 e. The number of fused-ring (bicyclic) bond motifs is 1. The van der Waals surface area contributed by atoms with Gasteiger partial charge in [-0.1, -0.05) is 83.4 Å².